The van der Waals surface area contributed by atoms with Crippen LogP contribution in [0.3, 0.4) is 0 Å². The number of esters is 1. The molecule has 0 rings (SSSR count). The van der Waals surface area contributed by atoms with E-state index in [1.807, 2.05) is 0 Å². The molecule has 0 atom stereocenters. The summed E-state index contributed by atoms with van der Waals surface area (Å²) in [6.45, 7) is 9.76. The zero-order valence-electron chi connectivity index (χ0n) is 29.7. The lowest BCUT2D eigenvalue weighted by Crippen LogP contribution is -2.12. The fraction of sp³-hybridized carbons (Fsp3) is 0.925. The molecule has 0 aliphatic heterocycles. The third-order valence-electron chi connectivity index (χ3n) is 9.10. The van der Waals surface area contributed by atoms with Crippen LogP contribution in [0.15, 0.2) is 11.1 Å². The topological polar surface area (TPSA) is 26.3 Å². The van der Waals surface area contributed by atoms with Crippen molar-refractivity contribution in [3.05, 3.63) is 11.1 Å². The van der Waals surface area contributed by atoms with Crippen LogP contribution in [-0.4, -0.2) is 12.6 Å². The van der Waals surface area contributed by atoms with Gasteiger partial charge >= 0.3 is 5.97 Å². The molecule has 0 saturated heterocycles. The predicted molar refractivity (Wildman–Crippen MR) is 188 cm³/mol. The number of ether oxygens (including phenoxy) is 1. The first-order chi connectivity index (χ1) is 20.7. The Kier molecular flexibility index (Phi) is 34.0. The Morgan fingerprint density at radius 2 is 0.643 bits per heavy atom. The fourth-order valence-electron chi connectivity index (χ4n) is 6.19. The summed E-state index contributed by atoms with van der Waals surface area (Å²) in [6, 6.07) is 0. The molecule has 42 heavy (non-hydrogen) atoms. The van der Waals surface area contributed by atoms with E-state index in [4.69, 9.17) is 4.74 Å². The van der Waals surface area contributed by atoms with Gasteiger partial charge in [0.1, 0.15) is 0 Å². The van der Waals surface area contributed by atoms with Gasteiger partial charge in [-0.2, -0.15) is 0 Å². The molecule has 0 aliphatic carbocycles. The lowest BCUT2D eigenvalue weighted by atomic mass is 9.92. The number of unbranched alkanes of at least 4 members (excludes halogenated alkanes) is 25. The van der Waals surface area contributed by atoms with Crippen LogP contribution in [0.2, 0.25) is 0 Å². The van der Waals surface area contributed by atoms with E-state index < -0.39 is 0 Å². The van der Waals surface area contributed by atoms with E-state index in [0.717, 1.165) is 37.7 Å². The Balaban J connectivity index is 4.87. The lowest BCUT2D eigenvalue weighted by molar-refractivity contribution is -0.139. The van der Waals surface area contributed by atoms with Crippen molar-refractivity contribution in [2.75, 3.05) is 6.61 Å². The molecule has 0 fully saturated rings. The zero-order valence-corrected chi connectivity index (χ0v) is 29.7. The molecule has 0 heterocycles. The molecule has 0 aliphatic rings. The van der Waals surface area contributed by atoms with Crippen LogP contribution < -0.4 is 0 Å². The van der Waals surface area contributed by atoms with Crippen LogP contribution in [0.1, 0.15) is 233 Å². The second-order valence-corrected chi connectivity index (χ2v) is 13.3. The largest absolute Gasteiger partial charge is 0.462 e. The van der Waals surface area contributed by atoms with Crippen molar-refractivity contribution in [3.8, 4) is 0 Å². The zero-order chi connectivity index (χ0) is 30.8. The number of hydrogen-bond acceptors (Lipinski definition) is 2. The molecule has 0 unspecified atom stereocenters. The first-order valence-electron chi connectivity index (χ1n) is 19.6. The third-order valence-corrected chi connectivity index (χ3v) is 9.10. The molecular weight excluding hydrogens is 512 g/mol. The van der Waals surface area contributed by atoms with E-state index in [1.54, 1.807) is 0 Å². The second-order valence-electron chi connectivity index (χ2n) is 13.3. The van der Waals surface area contributed by atoms with Gasteiger partial charge in [0, 0.05) is 5.57 Å². The van der Waals surface area contributed by atoms with Crippen LogP contribution in [0, 0.1) is 0 Å². The molecule has 250 valence electrons. The molecule has 0 N–H and O–H groups in total. The summed E-state index contributed by atoms with van der Waals surface area (Å²) in [6.07, 6.45) is 41.2. The smallest absolute Gasteiger partial charge is 0.333 e. The molecule has 0 saturated carbocycles. The number of carbonyl (C=O) groups excluding carboxylic acids is 1. The Labute approximate surface area is 266 Å². The summed E-state index contributed by atoms with van der Waals surface area (Å²) >= 11 is 0. The monoisotopic (exact) mass is 591 g/mol. The maximum atomic E-state index is 13.5. The highest BCUT2D eigenvalue weighted by atomic mass is 16.5. The fourth-order valence-corrected chi connectivity index (χ4v) is 6.19. The Hall–Kier alpha value is -0.790. The number of hydrogen-bond donors (Lipinski definition) is 0. The summed E-state index contributed by atoms with van der Waals surface area (Å²) in [7, 11) is 0. The van der Waals surface area contributed by atoms with E-state index in [2.05, 4.69) is 27.7 Å². The lowest BCUT2D eigenvalue weighted by Gasteiger charge is -2.16. The van der Waals surface area contributed by atoms with Crippen molar-refractivity contribution >= 4 is 5.97 Å². The van der Waals surface area contributed by atoms with Crippen LogP contribution in [0.25, 0.3) is 0 Å². The third kappa shape index (κ3) is 28.0. The van der Waals surface area contributed by atoms with E-state index in [-0.39, 0.29) is 5.97 Å². The van der Waals surface area contributed by atoms with Gasteiger partial charge in [-0.25, -0.2) is 4.79 Å². The summed E-state index contributed by atoms with van der Waals surface area (Å²) in [4.78, 5) is 13.5. The minimum absolute atomic E-state index is 0.0302. The Bertz CT molecular complexity index is 560. The van der Waals surface area contributed by atoms with Gasteiger partial charge in [-0.1, -0.05) is 194 Å². The van der Waals surface area contributed by atoms with Gasteiger partial charge in [-0.15, -0.1) is 0 Å². The minimum atomic E-state index is 0.0302. The van der Waals surface area contributed by atoms with Crippen LogP contribution >= 0.6 is 0 Å². The molecule has 0 radical (unpaired) electrons. The van der Waals surface area contributed by atoms with Crippen LogP contribution in [0.4, 0.5) is 0 Å². The molecule has 0 amide bonds. The van der Waals surface area contributed by atoms with Crippen LogP contribution in [0.5, 0.6) is 0 Å². The summed E-state index contributed by atoms with van der Waals surface area (Å²) in [5, 5.41) is 0. The molecule has 2 nitrogen and oxygen atoms in total. The number of allylic oxidation sites excluding steroid dienone is 1. The van der Waals surface area contributed by atoms with Gasteiger partial charge in [0.25, 0.3) is 0 Å². The van der Waals surface area contributed by atoms with Crippen molar-refractivity contribution < 1.29 is 9.53 Å². The van der Waals surface area contributed by atoms with E-state index in [1.165, 1.54) is 179 Å². The van der Waals surface area contributed by atoms with Gasteiger partial charge in [0.15, 0.2) is 0 Å². The highest BCUT2D eigenvalue weighted by Crippen LogP contribution is 2.26. The molecule has 0 aromatic rings. The van der Waals surface area contributed by atoms with Gasteiger partial charge < -0.3 is 4.74 Å². The van der Waals surface area contributed by atoms with Gasteiger partial charge in [-0.3, -0.25) is 0 Å². The molecule has 0 spiro atoms. The highest BCUT2D eigenvalue weighted by Gasteiger charge is 2.17. The van der Waals surface area contributed by atoms with Crippen molar-refractivity contribution in [3.63, 3.8) is 0 Å². The van der Waals surface area contributed by atoms with Crippen molar-refractivity contribution in [1.29, 1.82) is 0 Å². The van der Waals surface area contributed by atoms with Crippen molar-refractivity contribution in [1.82, 2.24) is 0 Å². The summed E-state index contributed by atoms with van der Waals surface area (Å²) in [5.41, 5.74) is 2.54. The van der Waals surface area contributed by atoms with Crippen molar-refractivity contribution in [2.45, 2.75) is 233 Å². The van der Waals surface area contributed by atoms with Gasteiger partial charge in [0.05, 0.1) is 6.61 Å². The molecule has 0 aromatic heterocycles. The quantitative estimate of drug-likeness (QED) is 0.0423. The van der Waals surface area contributed by atoms with Gasteiger partial charge in [0.2, 0.25) is 0 Å². The average molecular weight is 591 g/mol. The van der Waals surface area contributed by atoms with Crippen LogP contribution in [-0.2, 0) is 9.53 Å². The highest BCUT2D eigenvalue weighted by molar-refractivity contribution is 5.89. The summed E-state index contributed by atoms with van der Waals surface area (Å²) < 4.78 is 5.99. The second kappa shape index (κ2) is 34.7. The number of carbonyl (C=O) groups is 1. The Morgan fingerprint density at radius 3 is 1.00 bits per heavy atom. The van der Waals surface area contributed by atoms with E-state index in [9.17, 15) is 4.79 Å². The first-order valence-corrected chi connectivity index (χ1v) is 19.6. The maximum Gasteiger partial charge on any atom is 0.333 e. The predicted octanol–water partition coefficient (Wildman–Crippen LogP) is 14.4. The first kappa shape index (κ1) is 41.2. The molecular formula is C40H78O2. The van der Waals surface area contributed by atoms with Gasteiger partial charge in [-0.05, 0) is 44.9 Å². The molecule has 0 aromatic carbocycles. The van der Waals surface area contributed by atoms with Crippen molar-refractivity contribution in [2.24, 2.45) is 0 Å². The summed E-state index contributed by atoms with van der Waals surface area (Å²) in [5.74, 6) is 0.0302. The van der Waals surface area contributed by atoms with E-state index in [0.29, 0.717) is 6.61 Å². The molecule has 0 bridgehead atoms. The maximum absolute atomic E-state index is 13.5. The Morgan fingerprint density at radius 1 is 0.357 bits per heavy atom. The van der Waals surface area contributed by atoms with E-state index >= 15 is 0 Å². The molecule has 2 heteroatoms. The standard InChI is InChI=1S/C40H78O2/c1-5-9-13-17-21-22-23-24-25-29-33-37-42-40(41)39(36-32-28-20-16-12-8-4)38(34-30-26-18-14-10-6-2)35-31-27-19-15-11-7-3/h5-37H2,1-4H3. The number of rotatable bonds is 34. The normalized spacial score (nSPS) is 11.2. The average Bonchev–Trinajstić information content (AvgIpc) is 3.00. The SMILES string of the molecule is CCCCCCCCCCCCCOC(=O)C(CCCCCCCC)=C(CCCCCCCC)CCCCCCCC. The minimum Gasteiger partial charge on any atom is -0.462 e.